The standard InChI is InChI=1S/C23H23N3O3S/c1-4-29-20-12-8-7-11-19(20)24-23-26(15(2)14-30-23)21(27)13-25-16(3)17-9-5-6-10-18(17)22(25)28/h5-12,15H,3-4,13-14H2,1-2H3/t15-/m0/s1. The monoisotopic (exact) mass is 421 g/mol. The van der Waals surface area contributed by atoms with Crippen molar-refractivity contribution in [3.05, 3.63) is 66.2 Å². The van der Waals surface area contributed by atoms with Crippen LogP contribution in [0.3, 0.4) is 0 Å². The first-order chi connectivity index (χ1) is 14.5. The van der Waals surface area contributed by atoms with Crippen LogP contribution in [0.2, 0.25) is 0 Å². The number of carbonyl (C=O) groups excluding carboxylic acids is 2. The number of fused-ring (bicyclic) bond motifs is 1. The molecule has 0 saturated carbocycles. The predicted molar refractivity (Wildman–Crippen MR) is 120 cm³/mol. The molecule has 0 unspecified atom stereocenters. The molecule has 0 bridgehead atoms. The molecule has 0 N–H and O–H groups in total. The van der Waals surface area contributed by atoms with E-state index in [2.05, 4.69) is 6.58 Å². The smallest absolute Gasteiger partial charge is 0.259 e. The molecule has 2 aromatic rings. The summed E-state index contributed by atoms with van der Waals surface area (Å²) in [5, 5.41) is 0.620. The Hall–Kier alpha value is -3.06. The Kier molecular flexibility index (Phi) is 5.63. The molecule has 6 nitrogen and oxygen atoms in total. The number of benzene rings is 2. The number of thioether (sulfide) groups is 1. The van der Waals surface area contributed by atoms with Crippen molar-refractivity contribution >= 4 is 40.1 Å². The molecule has 0 aromatic heterocycles. The molecule has 0 radical (unpaired) electrons. The number of carbonyl (C=O) groups is 2. The maximum absolute atomic E-state index is 13.2. The van der Waals surface area contributed by atoms with Gasteiger partial charge >= 0.3 is 0 Å². The van der Waals surface area contributed by atoms with Crippen molar-refractivity contribution in [2.75, 3.05) is 18.9 Å². The Morgan fingerprint density at radius 2 is 1.90 bits per heavy atom. The van der Waals surface area contributed by atoms with Gasteiger partial charge in [0.2, 0.25) is 5.91 Å². The van der Waals surface area contributed by atoms with Crippen LogP contribution in [0.4, 0.5) is 5.69 Å². The molecular formula is C23H23N3O3S. The van der Waals surface area contributed by atoms with Crippen LogP contribution < -0.4 is 4.74 Å². The Morgan fingerprint density at radius 1 is 1.20 bits per heavy atom. The second kappa shape index (κ2) is 8.36. The van der Waals surface area contributed by atoms with Crippen LogP contribution in [0.5, 0.6) is 5.75 Å². The lowest BCUT2D eigenvalue weighted by atomic mass is 10.1. The second-order valence-electron chi connectivity index (χ2n) is 7.10. The lowest BCUT2D eigenvalue weighted by molar-refractivity contribution is -0.128. The minimum Gasteiger partial charge on any atom is -0.492 e. The van der Waals surface area contributed by atoms with Gasteiger partial charge in [-0.1, -0.05) is 48.7 Å². The van der Waals surface area contributed by atoms with Crippen molar-refractivity contribution in [1.82, 2.24) is 9.80 Å². The first-order valence-electron chi connectivity index (χ1n) is 9.86. The molecule has 1 fully saturated rings. The fraction of sp³-hybridized carbons (Fsp3) is 0.261. The van der Waals surface area contributed by atoms with Gasteiger partial charge in [0.05, 0.1) is 6.61 Å². The van der Waals surface area contributed by atoms with Gasteiger partial charge in [-0.05, 0) is 32.0 Å². The van der Waals surface area contributed by atoms with E-state index in [4.69, 9.17) is 9.73 Å². The van der Waals surface area contributed by atoms with Gasteiger partial charge in [-0.15, -0.1) is 0 Å². The number of amidine groups is 1. The maximum Gasteiger partial charge on any atom is 0.259 e. The van der Waals surface area contributed by atoms with E-state index in [-0.39, 0.29) is 24.4 Å². The highest BCUT2D eigenvalue weighted by Crippen LogP contribution is 2.34. The average Bonchev–Trinajstić information content (AvgIpc) is 3.22. The highest BCUT2D eigenvalue weighted by molar-refractivity contribution is 8.14. The first-order valence-corrected chi connectivity index (χ1v) is 10.9. The molecule has 0 spiro atoms. The summed E-state index contributed by atoms with van der Waals surface area (Å²) in [6.45, 7) is 8.40. The number of ether oxygens (including phenoxy) is 1. The van der Waals surface area contributed by atoms with Gasteiger partial charge in [0.15, 0.2) is 5.17 Å². The Labute approximate surface area is 180 Å². The Bertz CT molecular complexity index is 1010. The largest absolute Gasteiger partial charge is 0.492 e. The third kappa shape index (κ3) is 3.61. The van der Waals surface area contributed by atoms with Crippen LogP contribution in [-0.2, 0) is 4.79 Å². The summed E-state index contributed by atoms with van der Waals surface area (Å²) in [5.41, 5.74) is 2.60. The fourth-order valence-electron chi connectivity index (χ4n) is 3.61. The number of amides is 2. The Balaban J connectivity index is 1.58. The topological polar surface area (TPSA) is 62.2 Å². The van der Waals surface area contributed by atoms with Crippen LogP contribution in [0.15, 0.2) is 60.1 Å². The van der Waals surface area contributed by atoms with Gasteiger partial charge in [-0.2, -0.15) is 0 Å². The molecule has 154 valence electrons. The first kappa shape index (κ1) is 20.2. The van der Waals surface area contributed by atoms with Crippen LogP contribution in [0.25, 0.3) is 5.70 Å². The van der Waals surface area contributed by atoms with Gasteiger partial charge in [0, 0.05) is 28.6 Å². The van der Waals surface area contributed by atoms with Gasteiger partial charge in [0.25, 0.3) is 5.91 Å². The van der Waals surface area contributed by atoms with Crippen LogP contribution >= 0.6 is 11.8 Å². The second-order valence-corrected chi connectivity index (χ2v) is 8.09. The summed E-state index contributed by atoms with van der Waals surface area (Å²) in [4.78, 5) is 33.8. The lowest BCUT2D eigenvalue weighted by Crippen LogP contribution is -2.44. The van der Waals surface area contributed by atoms with E-state index in [1.807, 2.05) is 56.3 Å². The highest BCUT2D eigenvalue weighted by Gasteiger charge is 2.37. The summed E-state index contributed by atoms with van der Waals surface area (Å²) in [5.74, 6) is 1.06. The quantitative estimate of drug-likeness (QED) is 0.727. The number of para-hydroxylation sites is 2. The van der Waals surface area contributed by atoms with Gasteiger partial charge in [-0.3, -0.25) is 19.4 Å². The zero-order valence-electron chi connectivity index (χ0n) is 17.0. The van der Waals surface area contributed by atoms with E-state index in [1.54, 1.807) is 11.0 Å². The number of aliphatic imine (C=N–C) groups is 1. The molecule has 4 rings (SSSR count). The van der Waals surface area contributed by atoms with Crippen LogP contribution in [0.1, 0.15) is 29.8 Å². The maximum atomic E-state index is 13.2. The highest BCUT2D eigenvalue weighted by atomic mass is 32.2. The number of hydrogen-bond donors (Lipinski definition) is 0. The third-order valence-electron chi connectivity index (χ3n) is 5.08. The molecule has 2 aliphatic rings. The van der Waals surface area contributed by atoms with Crippen LogP contribution in [-0.4, -0.2) is 51.7 Å². The van der Waals surface area contributed by atoms with Crippen molar-refractivity contribution in [3.8, 4) is 5.75 Å². The van der Waals surface area contributed by atoms with Gasteiger partial charge in [-0.25, -0.2) is 4.99 Å². The summed E-state index contributed by atoms with van der Waals surface area (Å²) in [6.07, 6.45) is 0. The van der Waals surface area contributed by atoms with E-state index in [9.17, 15) is 9.59 Å². The van der Waals surface area contributed by atoms with Crippen molar-refractivity contribution in [3.63, 3.8) is 0 Å². The minimum atomic E-state index is -0.191. The summed E-state index contributed by atoms with van der Waals surface area (Å²) in [7, 11) is 0. The van der Waals surface area contributed by atoms with Gasteiger partial charge in [0.1, 0.15) is 18.0 Å². The zero-order chi connectivity index (χ0) is 21.3. The third-order valence-corrected chi connectivity index (χ3v) is 6.28. The van der Waals surface area contributed by atoms with Crippen molar-refractivity contribution in [2.45, 2.75) is 19.9 Å². The van der Waals surface area contributed by atoms with E-state index in [0.29, 0.717) is 34.5 Å². The van der Waals surface area contributed by atoms with E-state index in [0.717, 1.165) is 11.3 Å². The average molecular weight is 422 g/mol. The number of hydrogen-bond acceptors (Lipinski definition) is 5. The summed E-state index contributed by atoms with van der Waals surface area (Å²) < 4.78 is 5.66. The molecule has 1 atom stereocenters. The molecule has 2 amide bonds. The van der Waals surface area contributed by atoms with E-state index in [1.165, 1.54) is 16.7 Å². The molecule has 7 heteroatoms. The van der Waals surface area contributed by atoms with Crippen molar-refractivity contribution < 1.29 is 14.3 Å². The molecule has 2 aromatic carbocycles. The normalized spacial score (nSPS) is 19.5. The predicted octanol–water partition coefficient (Wildman–Crippen LogP) is 4.16. The summed E-state index contributed by atoms with van der Waals surface area (Å²) >= 11 is 1.53. The molecule has 1 saturated heterocycles. The minimum absolute atomic E-state index is 0.0196. The molecule has 2 heterocycles. The molecule has 0 aliphatic carbocycles. The number of nitrogens with zero attached hydrogens (tertiary/aromatic N) is 3. The molecule has 2 aliphatic heterocycles. The molecule has 30 heavy (non-hydrogen) atoms. The van der Waals surface area contributed by atoms with Crippen molar-refractivity contribution in [2.24, 2.45) is 4.99 Å². The van der Waals surface area contributed by atoms with E-state index >= 15 is 0 Å². The van der Waals surface area contributed by atoms with E-state index < -0.39 is 0 Å². The summed E-state index contributed by atoms with van der Waals surface area (Å²) in [6, 6.07) is 14.8. The molecular weight excluding hydrogens is 398 g/mol. The number of rotatable bonds is 5. The lowest BCUT2D eigenvalue weighted by Gasteiger charge is -2.25. The fourth-order valence-corrected chi connectivity index (χ4v) is 4.73. The zero-order valence-corrected chi connectivity index (χ0v) is 17.8. The Morgan fingerprint density at radius 3 is 2.63 bits per heavy atom. The van der Waals surface area contributed by atoms with Crippen LogP contribution in [0, 0.1) is 0 Å². The SMILES string of the molecule is C=C1c2ccccc2C(=O)N1CC(=O)N1C(=Nc2ccccc2OCC)SC[C@@H]1C. The van der Waals surface area contributed by atoms with Crippen molar-refractivity contribution in [1.29, 1.82) is 0 Å². The van der Waals surface area contributed by atoms with Gasteiger partial charge < -0.3 is 4.74 Å².